The summed E-state index contributed by atoms with van der Waals surface area (Å²) in [6.45, 7) is 0.551. The fourth-order valence-electron chi connectivity index (χ4n) is 3.08. The van der Waals surface area contributed by atoms with Gasteiger partial charge in [0, 0.05) is 5.69 Å². The number of hydrogen-bond donors (Lipinski definition) is 2. The molecular formula is C19H24N2O. The van der Waals surface area contributed by atoms with Gasteiger partial charge in [0.05, 0.1) is 12.3 Å². The summed E-state index contributed by atoms with van der Waals surface area (Å²) in [5.74, 6) is 0.761. The minimum atomic E-state index is 0.551. The molecule has 0 amide bonds. The van der Waals surface area contributed by atoms with Crippen molar-refractivity contribution in [2.24, 2.45) is 0 Å². The molecule has 0 saturated heterocycles. The van der Waals surface area contributed by atoms with E-state index < -0.39 is 0 Å². The van der Waals surface area contributed by atoms with E-state index in [1.165, 1.54) is 43.2 Å². The summed E-state index contributed by atoms with van der Waals surface area (Å²) in [5.41, 5.74) is 12.9. The number of hydrogen-bond acceptors (Lipinski definition) is 3. The number of anilines is 2. The van der Waals surface area contributed by atoms with E-state index in [9.17, 15) is 0 Å². The molecule has 0 unspecified atom stereocenters. The molecule has 1 aliphatic rings. The van der Waals surface area contributed by atoms with Crippen LogP contribution < -0.4 is 11.2 Å². The molecule has 2 aromatic rings. The van der Waals surface area contributed by atoms with Gasteiger partial charge in [-0.2, -0.15) is 0 Å². The third-order valence-electron chi connectivity index (χ3n) is 4.40. The molecule has 0 aliphatic heterocycles. The Hall–Kier alpha value is -2.00. The lowest BCUT2D eigenvalue weighted by molar-refractivity contribution is 0.180. The van der Waals surface area contributed by atoms with Crippen LogP contribution in [0.4, 0.5) is 11.4 Å². The lowest BCUT2D eigenvalue weighted by Gasteiger charge is -2.22. The van der Waals surface area contributed by atoms with Crippen molar-refractivity contribution in [3.8, 4) is 0 Å². The highest BCUT2D eigenvalue weighted by Crippen LogP contribution is 2.32. The van der Waals surface area contributed by atoms with Gasteiger partial charge in [-0.1, -0.05) is 43.5 Å². The van der Waals surface area contributed by atoms with Gasteiger partial charge in [0.25, 0.3) is 0 Å². The van der Waals surface area contributed by atoms with Crippen LogP contribution in [0.2, 0.25) is 0 Å². The lowest BCUT2D eigenvalue weighted by Crippen LogP contribution is -2.05. The quantitative estimate of drug-likeness (QED) is 0.612. The molecule has 1 fully saturated rings. The van der Waals surface area contributed by atoms with Crippen LogP contribution in [0.15, 0.2) is 48.5 Å². The summed E-state index contributed by atoms with van der Waals surface area (Å²) in [6.07, 6.45) is 6.84. The zero-order valence-electron chi connectivity index (χ0n) is 12.9. The second-order valence-electron chi connectivity index (χ2n) is 6.09. The summed E-state index contributed by atoms with van der Waals surface area (Å²) in [4.78, 5) is 5.54. The zero-order valence-corrected chi connectivity index (χ0v) is 12.9. The molecule has 1 aliphatic carbocycles. The maximum atomic E-state index is 5.65. The average molecular weight is 296 g/mol. The van der Waals surface area contributed by atoms with Crippen molar-refractivity contribution in [1.82, 2.24) is 0 Å². The van der Waals surface area contributed by atoms with Crippen molar-refractivity contribution >= 4 is 11.4 Å². The topological polar surface area (TPSA) is 47.3 Å². The first-order valence-electron chi connectivity index (χ1n) is 8.13. The van der Waals surface area contributed by atoms with Crippen molar-refractivity contribution in [3.63, 3.8) is 0 Å². The van der Waals surface area contributed by atoms with Crippen LogP contribution in [0.3, 0.4) is 0 Å². The second-order valence-corrected chi connectivity index (χ2v) is 6.09. The molecule has 2 aromatic carbocycles. The first-order chi connectivity index (χ1) is 10.8. The maximum Gasteiger partial charge on any atom is 0.0996 e. The molecule has 3 nitrogen and oxygen atoms in total. The van der Waals surface area contributed by atoms with Crippen LogP contribution >= 0.6 is 0 Å². The SMILES string of the molecule is Nc1ccc(NOCc2ccc(C3CCCCC3)cc2)cc1. The van der Waals surface area contributed by atoms with Crippen molar-refractivity contribution < 1.29 is 4.84 Å². The van der Waals surface area contributed by atoms with Gasteiger partial charge in [0.15, 0.2) is 0 Å². The first-order valence-corrected chi connectivity index (χ1v) is 8.13. The first kappa shape index (κ1) is 14.9. The highest BCUT2D eigenvalue weighted by Gasteiger charge is 2.14. The summed E-state index contributed by atoms with van der Waals surface area (Å²) in [5, 5.41) is 0. The van der Waals surface area contributed by atoms with Gasteiger partial charge in [0.2, 0.25) is 0 Å². The number of benzene rings is 2. The van der Waals surface area contributed by atoms with Crippen molar-refractivity contribution in [1.29, 1.82) is 0 Å². The van der Waals surface area contributed by atoms with Gasteiger partial charge in [-0.25, -0.2) is 0 Å². The lowest BCUT2D eigenvalue weighted by atomic mass is 9.84. The Kier molecular flexibility index (Phi) is 4.96. The number of rotatable bonds is 5. The van der Waals surface area contributed by atoms with Crippen molar-refractivity contribution in [2.45, 2.75) is 44.6 Å². The Morgan fingerprint density at radius 1 is 0.909 bits per heavy atom. The average Bonchev–Trinajstić information content (AvgIpc) is 2.58. The Bertz CT molecular complexity index is 571. The van der Waals surface area contributed by atoms with E-state index in [2.05, 4.69) is 29.7 Å². The van der Waals surface area contributed by atoms with Gasteiger partial charge in [0.1, 0.15) is 0 Å². The fourth-order valence-corrected chi connectivity index (χ4v) is 3.08. The summed E-state index contributed by atoms with van der Waals surface area (Å²) >= 11 is 0. The van der Waals surface area contributed by atoms with Crippen molar-refractivity contribution in [2.75, 3.05) is 11.2 Å². The molecule has 0 atom stereocenters. The molecule has 0 bridgehead atoms. The van der Waals surface area contributed by atoms with Crippen LogP contribution in [-0.2, 0) is 11.4 Å². The Morgan fingerprint density at radius 3 is 2.27 bits per heavy atom. The third-order valence-corrected chi connectivity index (χ3v) is 4.40. The molecule has 0 spiro atoms. The van der Waals surface area contributed by atoms with E-state index in [-0.39, 0.29) is 0 Å². The van der Waals surface area contributed by atoms with Crippen LogP contribution in [0.1, 0.15) is 49.1 Å². The second kappa shape index (κ2) is 7.32. The van der Waals surface area contributed by atoms with Crippen LogP contribution in [0.5, 0.6) is 0 Å². The molecular weight excluding hydrogens is 272 g/mol. The summed E-state index contributed by atoms with van der Waals surface area (Å²) in [7, 11) is 0. The number of nitrogens with two attached hydrogens (primary N) is 1. The van der Waals surface area contributed by atoms with Gasteiger partial charge >= 0.3 is 0 Å². The van der Waals surface area contributed by atoms with E-state index in [1.807, 2.05) is 24.3 Å². The molecule has 3 heteroatoms. The Labute approximate surface area is 132 Å². The van der Waals surface area contributed by atoms with Crippen LogP contribution in [0.25, 0.3) is 0 Å². The van der Waals surface area contributed by atoms with E-state index in [1.54, 1.807) is 0 Å². The van der Waals surface area contributed by atoms with E-state index in [0.29, 0.717) is 6.61 Å². The van der Waals surface area contributed by atoms with E-state index in [0.717, 1.165) is 17.3 Å². The smallest absolute Gasteiger partial charge is 0.0996 e. The zero-order chi connectivity index (χ0) is 15.2. The third kappa shape index (κ3) is 4.01. The molecule has 0 radical (unpaired) electrons. The molecule has 1 saturated carbocycles. The van der Waals surface area contributed by atoms with Crippen LogP contribution in [-0.4, -0.2) is 0 Å². The van der Waals surface area contributed by atoms with Crippen LogP contribution in [0, 0.1) is 0 Å². The van der Waals surface area contributed by atoms with E-state index >= 15 is 0 Å². The molecule has 3 N–H and O–H groups in total. The highest BCUT2D eigenvalue weighted by atomic mass is 16.6. The standard InChI is InChI=1S/C19H24N2O/c20-18-10-12-19(13-11-18)21-22-14-15-6-8-17(9-7-15)16-4-2-1-3-5-16/h6-13,16,21H,1-5,14,20H2. The normalized spacial score (nSPS) is 15.6. The highest BCUT2D eigenvalue weighted by molar-refractivity contribution is 5.49. The predicted octanol–water partition coefficient (Wildman–Crippen LogP) is 4.86. The predicted molar refractivity (Wildman–Crippen MR) is 91.5 cm³/mol. The van der Waals surface area contributed by atoms with Crippen molar-refractivity contribution in [3.05, 3.63) is 59.7 Å². The number of nitrogens with one attached hydrogen (secondary N) is 1. The summed E-state index contributed by atoms with van der Waals surface area (Å²) in [6, 6.07) is 16.4. The minimum Gasteiger partial charge on any atom is -0.399 e. The molecule has 0 aromatic heterocycles. The maximum absolute atomic E-state index is 5.65. The summed E-state index contributed by atoms with van der Waals surface area (Å²) < 4.78 is 0. The monoisotopic (exact) mass is 296 g/mol. The minimum absolute atomic E-state index is 0.551. The molecule has 116 valence electrons. The van der Waals surface area contributed by atoms with Gasteiger partial charge in [-0.3, -0.25) is 10.3 Å². The van der Waals surface area contributed by atoms with Gasteiger partial charge in [-0.05, 0) is 54.2 Å². The number of nitrogen functional groups attached to an aromatic ring is 1. The fraction of sp³-hybridized carbons (Fsp3) is 0.368. The molecule has 22 heavy (non-hydrogen) atoms. The van der Waals surface area contributed by atoms with Gasteiger partial charge < -0.3 is 5.73 Å². The molecule has 0 heterocycles. The molecule has 3 rings (SSSR count). The van der Waals surface area contributed by atoms with Gasteiger partial charge in [-0.15, -0.1) is 0 Å². The van der Waals surface area contributed by atoms with E-state index in [4.69, 9.17) is 10.6 Å². The largest absolute Gasteiger partial charge is 0.399 e. The Balaban J connectivity index is 1.49. The Morgan fingerprint density at radius 2 is 1.59 bits per heavy atom.